The van der Waals surface area contributed by atoms with Gasteiger partial charge >= 0.3 is 0 Å². The van der Waals surface area contributed by atoms with Crippen LogP contribution in [0.2, 0.25) is 5.02 Å². The quantitative estimate of drug-likeness (QED) is 0.545. The van der Waals surface area contributed by atoms with E-state index in [1.807, 2.05) is 83.8 Å². The Balaban J connectivity index is 1.36. The summed E-state index contributed by atoms with van der Waals surface area (Å²) in [5.74, 6) is 0.518. The molecule has 1 saturated heterocycles. The van der Waals surface area contributed by atoms with Crippen LogP contribution >= 0.6 is 23.4 Å². The number of nitrogens with one attached hydrogen (secondary N) is 1. The number of carbonyl (C=O) groups excluding carboxylic acids is 2. The molecule has 6 heteroatoms. The van der Waals surface area contributed by atoms with Gasteiger partial charge in [0, 0.05) is 23.7 Å². The van der Waals surface area contributed by atoms with Gasteiger partial charge in [0.05, 0.1) is 5.75 Å². The molecule has 31 heavy (non-hydrogen) atoms. The molecule has 4 rings (SSSR count). The van der Waals surface area contributed by atoms with Crippen molar-refractivity contribution in [1.29, 1.82) is 0 Å². The molecule has 1 heterocycles. The lowest BCUT2D eigenvalue weighted by molar-refractivity contribution is -0.128. The van der Waals surface area contributed by atoms with Crippen LogP contribution in [0.4, 0.5) is 0 Å². The first-order chi connectivity index (χ1) is 15.1. The molecule has 1 fully saturated rings. The molecule has 3 aromatic rings. The van der Waals surface area contributed by atoms with Crippen molar-refractivity contribution in [1.82, 2.24) is 10.2 Å². The predicted octanol–water partition coefficient (Wildman–Crippen LogP) is 5.09. The second-order valence-corrected chi connectivity index (χ2v) is 8.93. The van der Waals surface area contributed by atoms with Crippen LogP contribution < -0.4 is 5.32 Å². The summed E-state index contributed by atoms with van der Waals surface area (Å²) in [6.07, 6.45) is 0.746. The average Bonchev–Trinajstić information content (AvgIpc) is 3.16. The lowest BCUT2D eigenvalue weighted by Crippen LogP contribution is -2.28. The van der Waals surface area contributed by atoms with Gasteiger partial charge in [0.25, 0.3) is 5.91 Å². The third kappa shape index (κ3) is 5.49. The van der Waals surface area contributed by atoms with Crippen LogP contribution in [-0.2, 0) is 17.8 Å². The number of carbonyl (C=O) groups is 2. The molecule has 158 valence electrons. The Kier molecular flexibility index (Phi) is 6.95. The van der Waals surface area contributed by atoms with Gasteiger partial charge in [-0.15, -0.1) is 11.8 Å². The minimum atomic E-state index is -0.100. The average molecular weight is 451 g/mol. The summed E-state index contributed by atoms with van der Waals surface area (Å²) in [4.78, 5) is 26.8. The van der Waals surface area contributed by atoms with Crippen molar-refractivity contribution in [3.05, 3.63) is 106 Å². The predicted molar refractivity (Wildman–Crippen MR) is 126 cm³/mol. The van der Waals surface area contributed by atoms with Gasteiger partial charge in [0.2, 0.25) is 5.91 Å². The zero-order valence-electron chi connectivity index (χ0n) is 17.0. The normalized spacial score (nSPS) is 15.8. The smallest absolute Gasteiger partial charge is 0.251 e. The van der Waals surface area contributed by atoms with Gasteiger partial charge in [-0.25, -0.2) is 0 Å². The lowest BCUT2D eigenvalue weighted by Gasteiger charge is -2.24. The van der Waals surface area contributed by atoms with Gasteiger partial charge < -0.3 is 10.2 Å². The molecule has 1 atom stereocenters. The van der Waals surface area contributed by atoms with Crippen LogP contribution in [-0.4, -0.2) is 29.0 Å². The van der Waals surface area contributed by atoms with Gasteiger partial charge in [0.1, 0.15) is 5.37 Å². The molecule has 4 nitrogen and oxygen atoms in total. The fourth-order valence-corrected chi connectivity index (χ4v) is 4.87. The van der Waals surface area contributed by atoms with Gasteiger partial charge in [-0.1, -0.05) is 66.2 Å². The Morgan fingerprint density at radius 2 is 1.68 bits per heavy atom. The minimum absolute atomic E-state index is 0.0327. The van der Waals surface area contributed by atoms with E-state index in [-0.39, 0.29) is 17.2 Å². The van der Waals surface area contributed by atoms with Crippen LogP contribution in [0.15, 0.2) is 78.9 Å². The summed E-state index contributed by atoms with van der Waals surface area (Å²) in [6, 6.07) is 25.2. The molecular formula is C25H23ClN2O2S. The lowest BCUT2D eigenvalue weighted by atomic mass is 10.1. The number of thioether (sulfide) groups is 1. The molecule has 0 saturated carbocycles. The van der Waals surface area contributed by atoms with Crippen LogP contribution in [0.25, 0.3) is 0 Å². The first-order valence-electron chi connectivity index (χ1n) is 10.2. The Morgan fingerprint density at radius 1 is 0.968 bits per heavy atom. The molecule has 0 aromatic heterocycles. The highest BCUT2D eigenvalue weighted by Gasteiger charge is 2.32. The molecule has 1 N–H and O–H groups in total. The zero-order chi connectivity index (χ0) is 21.6. The molecule has 1 aliphatic heterocycles. The third-order valence-electron chi connectivity index (χ3n) is 5.23. The summed E-state index contributed by atoms with van der Waals surface area (Å²) in [6.45, 7) is 1.14. The molecule has 3 aromatic carbocycles. The van der Waals surface area contributed by atoms with E-state index >= 15 is 0 Å². The van der Waals surface area contributed by atoms with E-state index in [2.05, 4.69) is 5.32 Å². The van der Waals surface area contributed by atoms with Crippen molar-refractivity contribution in [2.75, 3.05) is 12.3 Å². The maximum atomic E-state index is 12.5. The van der Waals surface area contributed by atoms with E-state index in [9.17, 15) is 9.59 Å². The molecule has 0 aliphatic carbocycles. The SMILES string of the molecule is O=C(NCCc1ccc(Cl)cc1)c1ccc([C@H]2SCC(=O)N2Cc2ccccc2)cc1. The van der Waals surface area contributed by atoms with Crippen LogP contribution in [0.1, 0.15) is 32.4 Å². The topological polar surface area (TPSA) is 49.4 Å². The first kappa shape index (κ1) is 21.5. The summed E-state index contributed by atoms with van der Waals surface area (Å²) in [7, 11) is 0. The fourth-order valence-electron chi connectivity index (χ4n) is 3.55. The number of hydrogen-bond donors (Lipinski definition) is 1. The van der Waals surface area contributed by atoms with E-state index in [0.717, 1.165) is 23.1 Å². The van der Waals surface area contributed by atoms with E-state index in [1.54, 1.807) is 11.8 Å². The highest BCUT2D eigenvalue weighted by Crippen LogP contribution is 2.39. The van der Waals surface area contributed by atoms with E-state index in [1.165, 1.54) is 0 Å². The highest BCUT2D eigenvalue weighted by atomic mass is 35.5. The molecule has 2 amide bonds. The van der Waals surface area contributed by atoms with Crippen molar-refractivity contribution in [3.63, 3.8) is 0 Å². The highest BCUT2D eigenvalue weighted by molar-refractivity contribution is 8.00. The molecule has 0 spiro atoms. The molecule has 0 unspecified atom stereocenters. The van der Waals surface area contributed by atoms with Crippen molar-refractivity contribution >= 4 is 35.2 Å². The second-order valence-electron chi connectivity index (χ2n) is 7.42. The standard InChI is InChI=1S/C25H23ClN2O2S/c26-22-12-6-18(7-13-22)14-15-27-24(30)20-8-10-21(11-9-20)25-28(23(29)17-31-25)16-19-4-2-1-3-5-19/h1-13,25H,14-17H2,(H,27,30)/t25-/m1/s1. The van der Waals surface area contributed by atoms with Crippen molar-refractivity contribution < 1.29 is 9.59 Å². The van der Waals surface area contributed by atoms with Crippen molar-refractivity contribution in [2.24, 2.45) is 0 Å². The maximum Gasteiger partial charge on any atom is 0.251 e. The second kappa shape index (κ2) is 10.0. The Hall–Kier alpha value is -2.76. The summed E-state index contributed by atoms with van der Waals surface area (Å²) < 4.78 is 0. The van der Waals surface area contributed by atoms with Crippen molar-refractivity contribution in [3.8, 4) is 0 Å². The van der Waals surface area contributed by atoms with Gasteiger partial charge in [-0.2, -0.15) is 0 Å². The minimum Gasteiger partial charge on any atom is -0.352 e. The number of rotatable bonds is 7. The third-order valence-corrected chi connectivity index (χ3v) is 6.74. The molecule has 1 aliphatic rings. The summed E-state index contributed by atoms with van der Waals surface area (Å²) >= 11 is 7.52. The summed E-state index contributed by atoms with van der Waals surface area (Å²) in [5, 5.41) is 3.63. The monoisotopic (exact) mass is 450 g/mol. The van der Waals surface area contributed by atoms with Crippen molar-refractivity contribution in [2.45, 2.75) is 18.3 Å². The van der Waals surface area contributed by atoms with Crippen LogP contribution in [0.3, 0.4) is 0 Å². The molecule has 0 bridgehead atoms. The van der Waals surface area contributed by atoms with Gasteiger partial charge in [0.15, 0.2) is 0 Å². The largest absolute Gasteiger partial charge is 0.352 e. The van der Waals surface area contributed by atoms with Gasteiger partial charge in [-0.3, -0.25) is 9.59 Å². The van der Waals surface area contributed by atoms with E-state index in [0.29, 0.717) is 29.4 Å². The summed E-state index contributed by atoms with van der Waals surface area (Å²) in [5.41, 5.74) is 3.88. The number of halogens is 1. The van der Waals surface area contributed by atoms with Crippen LogP contribution in [0, 0.1) is 0 Å². The molecule has 0 radical (unpaired) electrons. The van der Waals surface area contributed by atoms with E-state index in [4.69, 9.17) is 11.6 Å². The number of benzene rings is 3. The van der Waals surface area contributed by atoms with Gasteiger partial charge in [-0.05, 0) is 47.4 Å². The first-order valence-corrected chi connectivity index (χ1v) is 11.6. The fraction of sp³-hybridized carbons (Fsp3) is 0.200. The Labute approximate surface area is 191 Å². The van der Waals surface area contributed by atoms with E-state index < -0.39 is 0 Å². The van der Waals surface area contributed by atoms with Crippen LogP contribution in [0.5, 0.6) is 0 Å². The number of nitrogens with zero attached hydrogens (tertiary/aromatic N) is 1. The Morgan fingerprint density at radius 3 is 2.39 bits per heavy atom. The maximum absolute atomic E-state index is 12.5. The zero-order valence-corrected chi connectivity index (χ0v) is 18.5. The number of hydrogen-bond acceptors (Lipinski definition) is 3. The Bertz CT molecular complexity index is 1040. The number of amides is 2. The molecular weight excluding hydrogens is 428 g/mol.